The van der Waals surface area contributed by atoms with E-state index in [4.69, 9.17) is 5.11 Å². The molecule has 2 nitrogen and oxygen atoms in total. The van der Waals surface area contributed by atoms with Crippen molar-refractivity contribution in [1.29, 1.82) is 0 Å². The van der Waals surface area contributed by atoms with Gasteiger partial charge in [-0.15, -0.1) is 0 Å². The highest BCUT2D eigenvalue weighted by molar-refractivity contribution is 4.74. The Labute approximate surface area is 82.7 Å². The van der Waals surface area contributed by atoms with Gasteiger partial charge in [0.1, 0.15) is 0 Å². The van der Waals surface area contributed by atoms with Crippen molar-refractivity contribution in [3.63, 3.8) is 0 Å². The van der Waals surface area contributed by atoms with E-state index in [-0.39, 0.29) is 12.6 Å². The van der Waals surface area contributed by atoms with Crippen LogP contribution in [0.15, 0.2) is 0 Å². The minimum Gasteiger partial charge on any atom is -0.395 e. The number of hydrogen-bond acceptors (Lipinski definition) is 2. The molecule has 2 heteroatoms. The first-order valence-corrected chi connectivity index (χ1v) is 5.52. The van der Waals surface area contributed by atoms with E-state index in [2.05, 4.69) is 33.0 Å². The molecule has 80 valence electrons. The van der Waals surface area contributed by atoms with Gasteiger partial charge in [0, 0.05) is 12.1 Å². The van der Waals surface area contributed by atoms with E-state index in [1.165, 1.54) is 12.8 Å². The van der Waals surface area contributed by atoms with Gasteiger partial charge in [0.2, 0.25) is 0 Å². The Kier molecular flexibility index (Phi) is 7.29. The lowest BCUT2D eigenvalue weighted by Gasteiger charge is -2.26. The predicted octanol–water partition coefficient (Wildman–Crippen LogP) is 2.17. The van der Waals surface area contributed by atoms with E-state index >= 15 is 0 Å². The summed E-state index contributed by atoms with van der Waals surface area (Å²) in [5.41, 5.74) is 0. The van der Waals surface area contributed by atoms with Gasteiger partial charge < -0.3 is 10.4 Å². The van der Waals surface area contributed by atoms with Gasteiger partial charge in [-0.3, -0.25) is 0 Å². The normalized spacial score (nSPS) is 16.2. The molecule has 0 amide bonds. The summed E-state index contributed by atoms with van der Waals surface area (Å²) in [7, 11) is 0. The zero-order valence-corrected chi connectivity index (χ0v) is 9.51. The van der Waals surface area contributed by atoms with Crippen molar-refractivity contribution in [3.8, 4) is 0 Å². The third kappa shape index (κ3) is 5.27. The van der Waals surface area contributed by atoms with Crippen LogP contribution in [0.3, 0.4) is 0 Å². The molecule has 2 N–H and O–H groups in total. The Morgan fingerprint density at radius 3 is 2.15 bits per heavy atom. The van der Waals surface area contributed by atoms with Crippen LogP contribution in [-0.2, 0) is 0 Å². The zero-order chi connectivity index (χ0) is 10.3. The summed E-state index contributed by atoms with van der Waals surface area (Å²) in [5.74, 6) is 0.510. The van der Waals surface area contributed by atoms with Crippen molar-refractivity contribution >= 4 is 0 Å². The van der Waals surface area contributed by atoms with E-state index in [9.17, 15) is 0 Å². The number of hydrogen-bond donors (Lipinski definition) is 2. The fourth-order valence-corrected chi connectivity index (χ4v) is 1.51. The highest BCUT2D eigenvalue weighted by Crippen LogP contribution is 2.07. The summed E-state index contributed by atoms with van der Waals surface area (Å²) in [5, 5.41) is 12.7. The van der Waals surface area contributed by atoms with Gasteiger partial charge in [-0.2, -0.15) is 0 Å². The van der Waals surface area contributed by atoms with E-state index in [1.54, 1.807) is 0 Å². The minimum absolute atomic E-state index is 0.248. The predicted molar refractivity (Wildman–Crippen MR) is 57.8 cm³/mol. The van der Waals surface area contributed by atoms with Crippen LogP contribution in [0.2, 0.25) is 0 Å². The summed E-state index contributed by atoms with van der Waals surface area (Å²) in [6.07, 6.45) is 3.57. The largest absolute Gasteiger partial charge is 0.395 e. The minimum atomic E-state index is 0.248. The summed E-state index contributed by atoms with van der Waals surface area (Å²) in [6, 6.07) is 0.834. The standard InChI is InChI=1S/C11H25NO/c1-5-7-10(6-2)12-11(8-13)9(3)4/h9-13H,5-8H2,1-4H3. The van der Waals surface area contributed by atoms with Gasteiger partial charge in [-0.25, -0.2) is 0 Å². The fraction of sp³-hybridized carbons (Fsp3) is 1.00. The number of aliphatic hydroxyl groups excluding tert-OH is 1. The van der Waals surface area contributed by atoms with Gasteiger partial charge in [0.25, 0.3) is 0 Å². The molecular formula is C11H25NO. The van der Waals surface area contributed by atoms with Gasteiger partial charge >= 0.3 is 0 Å². The van der Waals surface area contributed by atoms with Crippen molar-refractivity contribution in [3.05, 3.63) is 0 Å². The SMILES string of the molecule is CCCC(CC)NC(CO)C(C)C. The maximum absolute atomic E-state index is 9.15. The highest BCUT2D eigenvalue weighted by Gasteiger charge is 2.15. The molecule has 0 saturated heterocycles. The van der Waals surface area contributed by atoms with E-state index in [1.807, 2.05) is 0 Å². The Balaban J connectivity index is 3.87. The number of rotatable bonds is 7. The Hall–Kier alpha value is -0.0800. The molecule has 0 aliphatic carbocycles. The quantitative estimate of drug-likeness (QED) is 0.640. The van der Waals surface area contributed by atoms with Gasteiger partial charge in [-0.05, 0) is 18.8 Å². The second-order valence-corrected chi connectivity index (χ2v) is 4.09. The van der Waals surface area contributed by atoms with E-state index < -0.39 is 0 Å². The molecule has 0 radical (unpaired) electrons. The van der Waals surface area contributed by atoms with Crippen LogP contribution < -0.4 is 5.32 Å². The summed E-state index contributed by atoms with van der Waals surface area (Å²) in [4.78, 5) is 0. The Bertz CT molecular complexity index is 115. The van der Waals surface area contributed by atoms with Crippen LogP contribution in [0.5, 0.6) is 0 Å². The highest BCUT2D eigenvalue weighted by atomic mass is 16.3. The van der Waals surface area contributed by atoms with Gasteiger partial charge in [-0.1, -0.05) is 34.1 Å². The molecule has 2 unspecified atom stereocenters. The summed E-state index contributed by atoms with van der Waals surface area (Å²) >= 11 is 0. The molecule has 0 fully saturated rings. The molecule has 0 aliphatic heterocycles. The van der Waals surface area contributed by atoms with Gasteiger partial charge in [0.05, 0.1) is 6.61 Å². The third-order valence-corrected chi connectivity index (χ3v) is 2.58. The summed E-state index contributed by atoms with van der Waals surface area (Å²) in [6.45, 7) is 8.94. The fourth-order valence-electron chi connectivity index (χ4n) is 1.51. The van der Waals surface area contributed by atoms with Crippen LogP contribution in [0.1, 0.15) is 47.0 Å². The van der Waals surface area contributed by atoms with Crippen molar-refractivity contribution in [2.24, 2.45) is 5.92 Å². The lowest BCUT2D eigenvalue weighted by molar-refractivity contribution is 0.195. The molecule has 2 atom stereocenters. The third-order valence-electron chi connectivity index (χ3n) is 2.58. The van der Waals surface area contributed by atoms with E-state index in [0.717, 1.165) is 6.42 Å². The smallest absolute Gasteiger partial charge is 0.0587 e. The second-order valence-electron chi connectivity index (χ2n) is 4.09. The van der Waals surface area contributed by atoms with Crippen LogP contribution in [0.25, 0.3) is 0 Å². The first-order chi connectivity index (χ1) is 6.15. The zero-order valence-electron chi connectivity index (χ0n) is 9.51. The molecule has 0 aromatic carbocycles. The van der Waals surface area contributed by atoms with Crippen LogP contribution >= 0.6 is 0 Å². The lowest BCUT2D eigenvalue weighted by atomic mass is 10.0. The molecule has 0 aromatic heterocycles. The van der Waals surface area contributed by atoms with Crippen molar-refractivity contribution in [2.45, 2.75) is 59.0 Å². The maximum atomic E-state index is 9.15. The first kappa shape index (κ1) is 12.9. The van der Waals surface area contributed by atoms with Crippen molar-refractivity contribution in [2.75, 3.05) is 6.61 Å². The lowest BCUT2D eigenvalue weighted by Crippen LogP contribution is -2.43. The molecule has 0 spiro atoms. The molecule has 0 saturated carbocycles. The molecular weight excluding hydrogens is 162 g/mol. The molecule has 0 heterocycles. The Morgan fingerprint density at radius 2 is 1.85 bits per heavy atom. The molecule has 0 rings (SSSR count). The topological polar surface area (TPSA) is 32.3 Å². The van der Waals surface area contributed by atoms with Crippen molar-refractivity contribution < 1.29 is 5.11 Å². The molecule has 0 aromatic rings. The summed E-state index contributed by atoms with van der Waals surface area (Å²) < 4.78 is 0. The van der Waals surface area contributed by atoms with Crippen molar-refractivity contribution in [1.82, 2.24) is 5.32 Å². The van der Waals surface area contributed by atoms with Crippen LogP contribution in [-0.4, -0.2) is 23.8 Å². The molecule has 0 bridgehead atoms. The molecule has 0 aliphatic rings. The van der Waals surface area contributed by atoms with E-state index in [0.29, 0.717) is 12.0 Å². The first-order valence-electron chi connectivity index (χ1n) is 5.52. The van der Waals surface area contributed by atoms with Crippen LogP contribution in [0, 0.1) is 5.92 Å². The second kappa shape index (κ2) is 7.34. The monoisotopic (exact) mass is 187 g/mol. The number of nitrogens with one attached hydrogen (secondary N) is 1. The van der Waals surface area contributed by atoms with Crippen LogP contribution in [0.4, 0.5) is 0 Å². The van der Waals surface area contributed by atoms with Gasteiger partial charge in [0.15, 0.2) is 0 Å². The average molecular weight is 187 g/mol. The number of aliphatic hydroxyl groups is 1. The maximum Gasteiger partial charge on any atom is 0.0587 e. The molecule has 13 heavy (non-hydrogen) atoms. The Morgan fingerprint density at radius 1 is 1.23 bits per heavy atom. The average Bonchev–Trinajstić information content (AvgIpc) is 2.11.